The average Bonchev–Trinajstić information content (AvgIpc) is 2.69. The summed E-state index contributed by atoms with van der Waals surface area (Å²) in [6.45, 7) is 0. The number of sulfone groups is 1. The van der Waals surface area contributed by atoms with Crippen LogP contribution in [0.25, 0.3) is 0 Å². The van der Waals surface area contributed by atoms with E-state index >= 15 is 0 Å². The highest BCUT2D eigenvalue weighted by Gasteiger charge is 2.31. The smallest absolute Gasteiger partial charge is 0.189 e. The maximum absolute atomic E-state index is 13.6. The largest absolute Gasteiger partial charge is 0.378 e. The Hall–Kier alpha value is -2.50. The fourth-order valence-corrected chi connectivity index (χ4v) is 5.15. The number of halogens is 1. The highest BCUT2D eigenvalue weighted by Crippen LogP contribution is 2.36. The molecule has 29 heavy (non-hydrogen) atoms. The minimum absolute atomic E-state index is 0.250. The van der Waals surface area contributed by atoms with Crippen LogP contribution >= 0.6 is 11.6 Å². The van der Waals surface area contributed by atoms with Gasteiger partial charge in [0.15, 0.2) is 9.84 Å². The van der Waals surface area contributed by atoms with E-state index in [1.165, 1.54) is 0 Å². The van der Waals surface area contributed by atoms with Crippen LogP contribution in [-0.2, 0) is 9.84 Å². The standard InChI is InChI=1S/C23H25ClN2O2S/c1-25(2)20-11-5-17(6-12-20)23(18-7-13-21(14-8-18)26(3)4)29(27,28)22-15-9-19(24)10-16-22/h5-16,23H,1-4H3. The van der Waals surface area contributed by atoms with Gasteiger partial charge in [0.1, 0.15) is 5.25 Å². The molecule has 0 atom stereocenters. The molecule has 0 N–H and O–H groups in total. The molecule has 152 valence electrons. The SMILES string of the molecule is CN(C)c1ccc(C(c2ccc(N(C)C)cc2)S(=O)(=O)c2ccc(Cl)cc2)cc1. The van der Waals surface area contributed by atoms with Gasteiger partial charge >= 0.3 is 0 Å². The van der Waals surface area contributed by atoms with E-state index in [4.69, 9.17) is 11.6 Å². The summed E-state index contributed by atoms with van der Waals surface area (Å²) < 4.78 is 27.2. The lowest BCUT2D eigenvalue weighted by molar-refractivity contribution is 0.589. The third-order valence-electron chi connectivity index (χ3n) is 4.88. The third kappa shape index (κ3) is 4.57. The lowest BCUT2D eigenvalue weighted by Gasteiger charge is -2.21. The summed E-state index contributed by atoms with van der Waals surface area (Å²) in [6.07, 6.45) is 0. The van der Waals surface area contributed by atoms with Gasteiger partial charge in [-0.25, -0.2) is 8.42 Å². The third-order valence-corrected chi connectivity index (χ3v) is 7.22. The zero-order valence-electron chi connectivity index (χ0n) is 17.0. The first kappa shape index (κ1) is 21.2. The van der Waals surface area contributed by atoms with E-state index < -0.39 is 15.1 Å². The fraction of sp³-hybridized carbons (Fsp3) is 0.217. The number of anilines is 2. The van der Waals surface area contributed by atoms with Gasteiger partial charge in [-0.05, 0) is 59.7 Å². The van der Waals surface area contributed by atoms with E-state index in [1.54, 1.807) is 24.3 Å². The number of nitrogens with zero attached hydrogens (tertiary/aromatic N) is 2. The van der Waals surface area contributed by atoms with Crippen LogP contribution < -0.4 is 9.80 Å². The van der Waals surface area contributed by atoms with Crippen LogP contribution in [0.1, 0.15) is 16.4 Å². The Kier molecular flexibility index (Phi) is 6.20. The minimum atomic E-state index is -3.68. The molecule has 0 spiro atoms. The number of benzene rings is 3. The summed E-state index contributed by atoms with van der Waals surface area (Å²) in [6, 6.07) is 21.6. The predicted octanol–water partition coefficient (Wildman–Crippen LogP) is 5.04. The van der Waals surface area contributed by atoms with Gasteiger partial charge in [0.05, 0.1) is 4.90 Å². The Morgan fingerprint density at radius 1 is 0.655 bits per heavy atom. The number of hydrogen-bond donors (Lipinski definition) is 0. The molecule has 0 saturated heterocycles. The van der Waals surface area contributed by atoms with Crippen molar-refractivity contribution >= 4 is 32.8 Å². The highest BCUT2D eigenvalue weighted by molar-refractivity contribution is 7.91. The predicted molar refractivity (Wildman–Crippen MR) is 122 cm³/mol. The first-order valence-electron chi connectivity index (χ1n) is 9.24. The van der Waals surface area contributed by atoms with Gasteiger partial charge in [0.25, 0.3) is 0 Å². The minimum Gasteiger partial charge on any atom is -0.378 e. The van der Waals surface area contributed by atoms with Crippen LogP contribution in [-0.4, -0.2) is 36.6 Å². The van der Waals surface area contributed by atoms with Gasteiger partial charge in [-0.3, -0.25) is 0 Å². The van der Waals surface area contributed by atoms with E-state index in [2.05, 4.69) is 0 Å². The molecule has 0 aromatic heterocycles. The molecule has 3 rings (SSSR count). The van der Waals surface area contributed by atoms with Gasteiger partial charge in [0.2, 0.25) is 0 Å². The van der Waals surface area contributed by atoms with E-state index in [0.29, 0.717) is 5.02 Å². The second-order valence-corrected chi connectivity index (χ2v) is 9.82. The lowest BCUT2D eigenvalue weighted by Crippen LogP contribution is -2.16. The Morgan fingerprint density at radius 3 is 1.38 bits per heavy atom. The quantitative estimate of drug-likeness (QED) is 0.551. The summed E-state index contributed by atoms with van der Waals surface area (Å²) >= 11 is 5.97. The zero-order valence-corrected chi connectivity index (χ0v) is 18.6. The molecule has 0 aliphatic carbocycles. The van der Waals surface area contributed by atoms with Crippen LogP contribution in [0.2, 0.25) is 5.02 Å². The Balaban J connectivity index is 2.14. The molecular formula is C23H25ClN2O2S. The van der Waals surface area contributed by atoms with E-state index in [9.17, 15) is 8.42 Å². The Bertz CT molecular complexity index is 1010. The van der Waals surface area contributed by atoms with Crippen molar-refractivity contribution in [3.63, 3.8) is 0 Å². The molecular weight excluding hydrogens is 404 g/mol. The average molecular weight is 429 g/mol. The monoisotopic (exact) mass is 428 g/mol. The molecule has 4 nitrogen and oxygen atoms in total. The van der Waals surface area contributed by atoms with Crippen molar-refractivity contribution < 1.29 is 8.42 Å². The zero-order chi connectivity index (χ0) is 21.2. The summed E-state index contributed by atoms with van der Waals surface area (Å²) in [5.74, 6) is 0. The van der Waals surface area contributed by atoms with Crippen molar-refractivity contribution in [3.05, 3.63) is 88.9 Å². The van der Waals surface area contributed by atoms with Gasteiger partial charge in [-0.2, -0.15) is 0 Å². The highest BCUT2D eigenvalue weighted by atomic mass is 35.5. The molecule has 0 aliphatic rings. The number of hydrogen-bond acceptors (Lipinski definition) is 4. The van der Waals surface area contributed by atoms with Crippen LogP contribution in [0.5, 0.6) is 0 Å². The summed E-state index contributed by atoms with van der Waals surface area (Å²) in [5.41, 5.74) is 3.48. The normalized spacial score (nSPS) is 11.5. The molecule has 0 bridgehead atoms. The van der Waals surface area contributed by atoms with E-state index in [1.807, 2.05) is 86.5 Å². The van der Waals surface area contributed by atoms with Gasteiger partial charge < -0.3 is 9.80 Å². The van der Waals surface area contributed by atoms with Crippen molar-refractivity contribution in [1.29, 1.82) is 0 Å². The number of rotatable bonds is 6. The maximum atomic E-state index is 13.6. The van der Waals surface area contributed by atoms with Crippen LogP contribution in [0, 0.1) is 0 Å². The molecule has 0 aliphatic heterocycles. The Morgan fingerprint density at radius 2 is 1.03 bits per heavy atom. The van der Waals surface area contributed by atoms with Crippen LogP contribution in [0.4, 0.5) is 11.4 Å². The second kappa shape index (κ2) is 8.47. The fourth-order valence-electron chi connectivity index (χ4n) is 3.21. The topological polar surface area (TPSA) is 40.6 Å². The summed E-state index contributed by atoms with van der Waals surface area (Å²) in [7, 11) is 4.15. The van der Waals surface area contributed by atoms with Gasteiger partial charge in [0, 0.05) is 44.6 Å². The van der Waals surface area contributed by atoms with Crippen LogP contribution in [0.15, 0.2) is 77.7 Å². The van der Waals surface area contributed by atoms with E-state index in [-0.39, 0.29) is 4.90 Å². The van der Waals surface area contributed by atoms with Gasteiger partial charge in [-0.15, -0.1) is 0 Å². The molecule has 3 aromatic rings. The summed E-state index contributed by atoms with van der Waals surface area (Å²) in [5, 5.41) is -0.303. The molecule has 0 saturated carbocycles. The maximum Gasteiger partial charge on any atom is 0.189 e. The first-order valence-corrected chi connectivity index (χ1v) is 11.2. The second-order valence-electron chi connectivity index (χ2n) is 7.35. The summed E-state index contributed by atoms with van der Waals surface area (Å²) in [4.78, 5) is 4.22. The molecule has 0 radical (unpaired) electrons. The van der Waals surface area contributed by atoms with Crippen molar-refractivity contribution in [1.82, 2.24) is 0 Å². The molecule has 0 amide bonds. The van der Waals surface area contributed by atoms with Crippen LogP contribution in [0.3, 0.4) is 0 Å². The molecule has 6 heteroatoms. The molecule has 0 unspecified atom stereocenters. The van der Waals surface area contributed by atoms with Gasteiger partial charge in [-0.1, -0.05) is 35.9 Å². The van der Waals surface area contributed by atoms with Crippen molar-refractivity contribution in [3.8, 4) is 0 Å². The molecule has 3 aromatic carbocycles. The van der Waals surface area contributed by atoms with Crippen molar-refractivity contribution in [2.45, 2.75) is 10.1 Å². The molecule has 0 heterocycles. The molecule has 0 fully saturated rings. The first-order chi connectivity index (χ1) is 13.7. The van der Waals surface area contributed by atoms with E-state index in [0.717, 1.165) is 22.5 Å². The lowest BCUT2D eigenvalue weighted by atomic mass is 10.0. The Labute approximate surface area is 178 Å². The van der Waals surface area contributed by atoms with Crippen molar-refractivity contribution in [2.75, 3.05) is 38.0 Å². The van der Waals surface area contributed by atoms with Crippen molar-refractivity contribution in [2.24, 2.45) is 0 Å².